The van der Waals surface area contributed by atoms with Gasteiger partial charge in [-0.3, -0.25) is 9.80 Å². The van der Waals surface area contributed by atoms with Crippen LogP contribution in [0.1, 0.15) is 34.1 Å². The quantitative estimate of drug-likeness (QED) is 0.330. The van der Waals surface area contributed by atoms with Gasteiger partial charge < -0.3 is 9.80 Å². The summed E-state index contributed by atoms with van der Waals surface area (Å²) < 4.78 is 0. The largest absolute Gasteiger partial charge is 2.00 e. The van der Waals surface area contributed by atoms with E-state index in [-0.39, 0.29) is 28.5 Å². The SMILES string of the molecule is CC1CC(C)N2CCN(C)C(C)C(Cl)C(C)(Cl)N(CCN1C)CC2.[Mn+2]. The van der Waals surface area contributed by atoms with Crippen molar-refractivity contribution in [3.05, 3.63) is 0 Å². The molecule has 2 saturated heterocycles. The van der Waals surface area contributed by atoms with Crippen LogP contribution in [0.2, 0.25) is 0 Å². The Balaban J connectivity index is 0.00000312. The number of rotatable bonds is 0. The van der Waals surface area contributed by atoms with E-state index in [1.54, 1.807) is 0 Å². The first kappa shape index (κ1) is 24.0. The summed E-state index contributed by atoms with van der Waals surface area (Å²) in [6.45, 7) is 15.2. The van der Waals surface area contributed by atoms with Crippen molar-refractivity contribution < 1.29 is 17.1 Å². The zero-order chi connectivity index (χ0) is 18.1. The summed E-state index contributed by atoms with van der Waals surface area (Å²) in [5, 5.41) is -0.112. The molecule has 2 aliphatic rings. The Labute approximate surface area is 175 Å². The van der Waals surface area contributed by atoms with Gasteiger partial charge in [0.1, 0.15) is 5.00 Å². The molecule has 2 rings (SSSR count). The number of alkyl halides is 2. The van der Waals surface area contributed by atoms with Crippen molar-refractivity contribution in [2.24, 2.45) is 0 Å². The van der Waals surface area contributed by atoms with Crippen molar-refractivity contribution >= 4 is 23.2 Å². The number of fused-ring (bicyclic) bond motifs is 3. The Bertz CT molecular complexity index is 413. The molecule has 7 atom stereocenters. The van der Waals surface area contributed by atoms with Crippen molar-refractivity contribution in [2.45, 2.75) is 62.6 Å². The fourth-order valence-corrected chi connectivity index (χ4v) is 4.68. The van der Waals surface area contributed by atoms with Gasteiger partial charge in [0.25, 0.3) is 0 Å². The third kappa shape index (κ3) is 5.71. The van der Waals surface area contributed by atoms with Crippen molar-refractivity contribution in [1.82, 2.24) is 19.6 Å². The standard InChI is InChI=1S/C18H36Cl2N4.Mn/c1-14-13-15(2)23-9-7-22(6)16(3)17(19)18(4,20)24(12-10-23)11-8-21(14)5;/h14-17H,7-13H2,1-6H3;/q;+2. The fourth-order valence-electron chi connectivity index (χ4n) is 4.00. The first-order chi connectivity index (χ1) is 11.1. The van der Waals surface area contributed by atoms with Crippen LogP contribution in [0.3, 0.4) is 0 Å². The van der Waals surface area contributed by atoms with Crippen molar-refractivity contribution in [2.75, 3.05) is 53.4 Å². The predicted molar refractivity (Wildman–Crippen MR) is 105 cm³/mol. The topological polar surface area (TPSA) is 13.0 Å². The van der Waals surface area contributed by atoms with E-state index >= 15 is 0 Å². The summed E-state index contributed by atoms with van der Waals surface area (Å²) in [5.74, 6) is 0. The molecule has 0 aromatic heterocycles. The molecule has 7 heteroatoms. The smallest absolute Gasteiger partial charge is 0.302 e. The molecule has 2 aliphatic heterocycles. The normalized spacial score (nSPS) is 45.6. The monoisotopic (exact) mass is 433 g/mol. The molecule has 147 valence electrons. The summed E-state index contributed by atoms with van der Waals surface area (Å²) >= 11 is 13.9. The molecule has 0 aromatic carbocycles. The molecule has 4 nitrogen and oxygen atoms in total. The van der Waals surface area contributed by atoms with E-state index in [0.29, 0.717) is 12.1 Å². The molecule has 7 unspecified atom stereocenters. The van der Waals surface area contributed by atoms with Gasteiger partial charge in [0, 0.05) is 57.4 Å². The molecule has 0 saturated carbocycles. The van der Waals surface area contributed by atoms with Gasteiger partial charge in [0.2, 0.25) is 0 Å². The van der Waals surface area contributed by atoms with Gasteiger partial charge in [-0.2, -0.15) is 0 Å². The molecule has 2 bridgehead atoms. The van der Waals surface area contributed by atoms with Crippen molar-refractivity contribution in [3.8, 4) is 0 Å². The van der Waals surface area contributed by atoms with Gasteiger partial charge >= 0.3 is 17.1 Å². The van der Waals surface area contributed by atoms with Crippen LogP contribution in [0.15, 0.2) is 0 Å². The van der Waals surface area contributed by atoms with Crippen molar-refractivity contribution in [3.63, 3.8) is 0 Å². The maximum atomic E-state index is 7.05. The minimum absolute atomic E-state index is 0. The minimum Gasteiger partial charge on any atom is -0.302 e. The summed E-state index contributed by atoms with van der Waals surface area (Å²) in [6.07, 6.45) is 1.21. The maximum Gasteiger partial charge on any atom is 2.00 e. The third-order valence-electron chi connectivity index (χ3n) is 6.42. The van der Waals surface area contributed by atoms with E-state index < -0.39 is 5.00 Å². The Hall–Kier alpha value is 0.939. The zero-order valence-corrected chi connectivity index (χ0v) is 19.4. The molecule has 0 aromatic rings. The molecule has 2 heterocycles. The number of hydrogen-bond acceptors (Lipinski definition) is 4. The number of likely N-dealkylation sites (N-methyl/N-ethyl adjacent to an activating group) is 2. The Morgan fingerprint density at radius 2 is 1.36 bits per heavy atom. The molecule has 1 radical (unpaired) electrons. The van der Waals surface area contributed by atoms with Gasteiger partial charge in [-0.25, -0.2) is 0 Å². The van der Waals surface area contributed by atoms with E-state index in [0.717, 1.165) is 39.3 Å². The summed E-state index contributed by atoms with van der Waals surface area (Å²) in [4.78, 5) is 9.32. The Morgan fingerprint density at radius 3 is 2.00 bits per heavy atom. The van der Waals surface area contributed by atoms with Crippen LogP contribution in [0, 0.1) is 0 Å². The van der Waals surface area contributed by atoms with E-state index in [9.17, 15) is 0 Å². The Morgan fingerprint density at radius 1 is 0.840 bits per heavy atom. The van der Waals surface area contributed by atoms with Crippen molar-refractivity contribution in [1.29, 1.82) is 0 Å². The summed E-state index contributed by atoms with van der Waals surface area (Å²) in [6, 6.07) is 1.40. The van der Waals surface area contributed by atoms with Crippen LogP contribution in [0.5, 0.6) is 0 Å². The third-order valence-corrected chi connectivity index (χ3v) is 7.79. The maximum absolute atomic E-state index is 7.05. The number of halogens is 2. The van der Waals surface area contributed by atoms with Gasteiger partial charge in [-0.15, -0.1) is 23.2 Å². The van der Waals surface area contributed by atoms with Crippen LogP contribution in [-0.2, 0) is 17.1 Å². The van der Waals surface area contributed by atoms with Gasteiger partial charge in [0.05, 0.1) is 5.38 Å². The molecular formula is C18H36Cl2MnN4+2. The Kier molecular flexibility index (Phi) is 9.52. The first-order valence-corrected chi connectivity index (χ1v) is 10.2. The minimum atomic E-state index is -0.537. The average molecular weight is 434 g/mol. The van der Waals surface area contributed by atoms with Crippen LogP contribution >= 0.6 is 23.2 Å². The van der Waals surface area contributed by atoms with Gasteiger partial charge in [-0.05, 0) is 48.2 Å². The average Bonchev–Trinajstić information content (AvgIpc) is 2.53. The molecule has 25 heavy (non-hydrogen) atoms. The first-order valence-electron chi connectivity index (χ1n) is 9.37. The zero-order valence-electron chi connectivity index (χ0n) is 16.7. The predicted octanol–water partition coefficient (Wildman–Crippen LogP) is 2.60. The molecular weight excluding hydrogens is 398 g/mol. The van der Waals surface area contributed by atoms with Crippen LogP contribution in [-0.4, -0.2) is 101 Å². The second kappa shape index (κ2) is 9.93. The van der Waals surface area contributed by atoms with Gasteiger partial charge in [0.15, 0.2) is 0 Å². The van der Waals surface area contributed by atoms with E-state index in [1.807, 2.05) is 0 Å². The van der Waals surface area contributed by atoms with Gasteiger partial charge in [-0.1, -0.05) is 0 Å². The van der Waals surface area contributed by atoms with Crippen LogP contribution < -0.4 is 0 Å². The molecule has 0 amide bonds. The van der Waals surface area contributed by atoms with Crippen LogP contribution in [0.4, 0.5) is 0 Å². The van der Waals surface area contributed by atoms with E-state index in [1.165, 1.54) is 6.42 Å². The summed E-state index contributed by atoms with van der Waals surface area (Å²) in [7, 11) is 4.40. The molecule has 2 fully saturated rings. The van der Waals surface area contributed by atoms with E-state index in [4.69, 9.17) is 23.2 Å². The molecule has 0 N–H and O–H groups in total. The molecule has 0 spiro atoms. The second-order valence-electron chi connectivity index (χ2n) is 8.08. The second-order valence-corrected chi connectivity index (χ2v) is 9.32. The van der Waals surface area contributed by atoms with E-state index in [2.05, 4.69) is 61.4 Å². The molecule has 0 aliphatic carbocycles. The van der Waals surface area contributed by atoms with Crippen LogP contribution in [0.25, 0.3) is 0 Å². The fraction of sp³-hybridized carbons (Fsp3) is 1.00. The summed E-state index contributed by atoms with van der Waals surface area (Å²) in [5.41, 5.74) is 0. The number of nitrogens with zero attached hydrogens (tertiary/aromatic N) is 4. The number of hydrogen-bond donors (Lipinski definition) is 0.